The van der Waals surface area contributed by atoms with Crippen molar-refractivity contribution < 1.29 is 4.57 Å². The molecule has 2 aromatic heterocycles. The molecule has 3 aromatic rings. The monoisotopic (exact) mass is 243 g/mol. The van der Waals surface area contributed by atoms with Gasteiger partial charge in [0.25, 0.3) is 5.65 Å². The van der Waals surface area contributed by atoms with E-state index in [2.05, 4.69) is 33.5 Å². The number of hydrogen-bond donors (Lipinski definition) is 0. The molecule has 0 fully saturated rings. The second-order valence-corrected chi connectivity index (χ2v) is 4.46. The topological polar surface area (TPSA) is 8.29 Å². The summed E-state index contributed by atoms with van der Waals surface area (Å²) in [7, 11) is 0. The maximum absolute atomic E-state index is 5.99. The second-order valence-electron chi connectivity index (χ2n) is 4.02. The molecule has 84 valence electrons. The molecule has 3 heteroatoms. The molecule has 3 rings (SSSR count). The van der Waals surface area contributed by atoms with E-state index in [1.807, 2.05) is 36.5 Å². The summed E-state index contributed by atoms with van der Waals surface area (Å²) in [5.74, 6) is 0. The molecule has 2 heterocycles. The maximum Gasteiger partial charge on any atom is 0.286 e. The van der Waals surface area contributed by atoms with Crippen LogP contribution in [0.1, 0.15) is 5.56 Å². The summed E-state index contributed by atoms with van der Waals surface area (Å²) in [6, 6.07) is 14.1. The second kappa shape index (κ2) is 4.22. The van der Waals surface area contributed by atoms with Crippen LogP contribution in [-0.4, -0.2) is 4.40 Å². The molecule has 0 aliphatic carbocycles. The molecule has 0 spiro atoms. The van der Waals surface area contributed by atoms with Gasteiger partial charge in [-0.3, -0.25) is 0 Å². The van der Waals surface area contributed by atoms with Crippen LogP contribution in [0.25, 0.3) is 5.65 Å². The van der Waals surface area contributed by atoms with Gasteiger partial charge in [0, 0.05) is 11.1 Å². The van der Waals surface area contributed by atoms with Crippen molar-refractivity contribution in [1.82, 2.24) is 4.40 Å². The molecular formula is C14H12ClN2+. The van der Waals surface area contributed by atoms with E-state index in [1.54, 1.807) is 0 Å². The van der Waals surface area contributed by atoms with E-state index >= 15 is 0 Å². The Morgan fingerprint density at radius 3 is 2.88 bits per heavy atom. The first-order valence-electron chi connectivity index (χ1n) is 5.52. The number of fused-ring (bicyclic) bond motifs is 1. The van der Waals surface area contributed by atoms with Crippen LogP contribution in [0.5, 0.6) is 0 Å². The summed E-state index contributed by atoms with van der Waals surface area (Å²) >= 11 is 5.99. The Labute approximate surface area is 105 Å². The van der Waals surface area contributed by atoms with Crippen molar-refractivity contribution in [3.05, 3.63) is 71.6 Å². The molecule has 0 aliphatic rings. The van der Waals surface area contributed by atoms with Gasteiger partial charge in [0.15, 0.2) is 0 Å². The van der Waals surface area contributed by atoms with Crippen LogP contribution in [0.15, 0.2) is 61.1 Å². The molecule has 0 N–H and O–H groups in total. The number of nitrogens with zero attached hydrogens (tertiary/aromatic N) is 2. The van der Waals surface area contributed by atoms with Gasteiger partial charge in [-0.05, 0) is 23.8 Å². The number of hydrogen-bond acceptors (Lipinski definition) is 0. The van der Waals surface area contributed by atoms with E-state index in [1.165, 1.54) is 11.2 Å². The van der Waals surface area contributed by atoms with Gasteiger partial charge in [-0.15, -0.1) is 0 Å². The van der Waals surface area contributed by atoms with E-state index in [4.69, 9.17) is 11.6 Å². The predicted octanol–water partition coefficient (Wildman–Crippen LogP) is 2.93. The van der Waals surface area contributed by atoms with Crippen LogP contribution in [0.3, 0.4) is 0 Å². The molecule has 0 atom stereocenters. The summed E-state index contributed by atoms with van der Waals surface area (Å²) in [5.41, 5.74) is 2.38. The third-order valence-corrected chi connectivity index (χ3v) is 3.05. The van der Waals surface area contributed by atoms with Crippen molar-refractivity contribution in [2.75, 3.05) is 0 Å². The van der Waals surface area contributed by atoms with Gasteiger partial charge in [-0.1, -0.05) is 29.8 Å². The maximum atomic E-state index is 5.99. The zero-order valence-electron chi connectivity index (χ0n) is 9.25. The molecule has 0 saturated heterocycles. The van der Waals surface area contributed by atoms with Gasteiger partial charge < -0.3 is 0 Å². The summed E-state index contributed by atoms with van der Waals surface area (Å²) in [4.78, 5) is 0. The summed E-state index contributed by atoms with van der Waals surface area (Å²) in [5, 5.41) is 0.784. The molecule has 0 unspecified atom stereocenters. The highest BCUT2D eigenvalue weighted by molar-refractivity contribution is 6.30. The van der Waals surface area contributed by atoms with Gasteiger partial charge in [0.1, 0.15) is 18.9 Å². The van der Waals surface area contributed by atoms with Gasteiger partial charge >= 0.3 is 0 Å². The van der Waals surface area contributed by atoms with Crippen LogP contribution in [0, 0.1) is 0 Å². The Morgan fingerprint density at radius 2 is 2.00 bits per heavy atom. The van der Waals surface area contributed by atoms with E-state index in [9.17, 15) is 0 Å². The van der Waals surface area contributed by atoms with Crippen LogP contribution >= 0.6 is 11.6 Å². The van der Waals surface area contributed by atoms with Crippen molar-refractivity contribution in [2.24, 2.45) is 0 Å². The smallest absolute Gasteiger partial charge is 0.226 e. The molecule has 0 bridgehead atoms. The zero-order valence-corrected chi connectivity index (χ0v) is 10.0. The van der Waals surface area contributed by atoms with Gasteiger partial charge in [0.05, 0.1) is 6.20 Å². The number of halogens is 1. The Kier molecular flexibility index (Phi) is 2.57. The molecule has 0 radical (unpaired) electrons. The molecular weight excluding hydrogens is 232 g/mol. The quantitative estimate of drug-likeness (QED) is 0.612. The average Bonchev–Trinajstić information content (AvgIpc) is 2.73. The minimum absolute atomic E-state index is 0.784. The minimum atomic E-state index is 0.784. The minimum Gasteiger partial charge on any atom is -0.226 e. The Bertz CT molecular complexity index is 658. The fourth-order valence-corrected chi connectivity index (χ4v) is 2.22. The zero-order chi connectivity index (χ0) is 11.7. The number of pyridine rings is 1. The normalized spacial score (nSPS) is 10.9. The lowest BCUT2D eigenvalue weighted by Crippen LogP contribution is -2.32. The van der Waals surface area contributed by atoms with Crippen molar-refractivity contribution in [1.29, 1.82) is 0 Å². The van der Waals surface area contributed by atoms with Gasteiger partial charge in [-0.2, -0.15) is 0 Å². The van der Waals surface area contributed by atoms with E-state index in [0.717, 1.165) is 11.6 Å². The number of rotatable bonds is 2. The lowest BCUT2D eigenvalue weighted by molar-refractivity contribution is -0.661. The highest BCUT2D eigenvalue weighted by Crippen LogP contribution is 2.10. The van der Waals surface area contributed by atoms with Gasteiger partial charge in [0.2, 0.25) is 0 Å². The summed E-state index contributed by atoms with van der Waals surface area (Å²) < 4.78 is 4.30. The fourth-order valence-electron chi connectivity index (χ4n) is 2.01. The molecule has 0 aliphatic heterocycles. The third-order valence-electron chi connectivity index (χ3n) is 2.81. The van der Waals surface area contributed by atoms with Crippen LogP contribution in [-0.2, 0) is 6.54 Å². The number of imidazole rings is 1. The largest absolute Gasteiger partial charge is 0.286 e. The first kappa shape index (κ1) is 10.4. The van der Waals surface area contributed by atoms with Crippen molar-refractivity contribution in [3.63, 3.8) is 0 Å². The fraction of sp³-hybridized carbons (Fsp3) is 0.0714. The number of aromatic nitrogens is 2. The Balaban J connectivity index is 2.00. The molecule has 17 heavy (non-hydrogen) atoms. The van der Waals surface area contributed by atoms with E-state index in [0.29, 0.717) is 0 Å². The van der Waals surface area contributed by atoms with E-state index in [-0.39, 0.29) is 0 Å². The van der Waals surface area contributed by atoms with Crippen LogP contribution < -0.4 is 4.57 Å². The van der Waals surface area contributed by atoms with Crippen LogP contribution in [0.4, 0.5) is 0 Å². The number of benzene rings is 1. The SMILES string of the molecule is Clc1cccc(C[n+]2ccn3ccccc32)c1. The first-order chi connectivity index (χ1) is 8.33. The average molecular weight is 244 g/mol. The summed E-state index contributed by atoms with van der Waals surface area (Å²) in [6.07, 6.45) is 6.18. The molecule has 1 aromatic carbocycles. The Hall–Kier alpha value is -1.80. The van der Waals surface area contributed by atoms with Crippen molar-refractivity contribution in [3.8, 4) is 0 Å². The lowest BCUT2D eigenvalue weighted by Gasteiger charge is -1.99. The Morgan fingerprint density at radius 1 is 1.06 bits per heavy atom. The first-order valence-corrected chi connectivity index (χ1v) is 5.90. The molecule has 2 nitrogen and oxygen atoms in total. The van der Waals surface area contributed by atoms with Crippen molar-refractivity contribution >= 4 is 17.2 Å². The standard InChI is InChI=1S/C14H12ClN2/c15-13-5-3-4-12(10-13)11-17-9-8-16-7-2-1-6-14(16)17/h1-10H,11H2/q+1. The molecule has 0 amide bonds. The predicted molar refractivity (Wildman–Crippen MR) is 68.1 cm³/mol. The van der Waals surface area contributed by atoms with E-state index < -0.39 is 0 Å². The highest BCUT2D eigenvalue weighted by Gasteiger charge is 2.08. The van der Waals surface area contributed by atoms with Gasteiger partial charge in [-0.25, -0.2) is 8.97 Å². The summed E-state index contributed by atoms with van der Waals surface area (Å²) in [6.45, 7) is 0.834. The van der Waals surface area contributed by atoms with Crippen LogP contribution in [0.2, 0.25) is 5.02 Å². The van der Waals surface area contributed by atoms with Crippen molar-refractivity contribution in [2.45, 2.75) is 6.54 Å². The molecule has 0 saturated carbocycles. The lowest BCUT2D eigenvalue weighted by atomic mass is 10.2. The third kappa shape index (κ3) is 2.04. The highest BCUT2D eigenvalue weighted by atomic mass is 35.5.